The van der Waals surface area contributed by atoms with E-state index in [2.05, 4.69) is 12.4 Å². The quantitative estimate of drug-likeness (QED) is 0.416. The Bertz CT molecular complexity index is 371. The second-order valence-corrected chi connectivity index (χ2v) is 3.72. The Kier molecular flexibility index (Phi) is 6.75. The fourth-order valence-electron chi connectivity index (χ4n) is 1.27. The highest BCUT2D eigenvalue weighted by atomic mass is 16.7. The summed E-state index contributed by atoms with van der Waals surface area (Å²) in [4.78, 5) is 15.2. The van der Waals surface area contributed by atoms with Gasteiger partial charge in [0.05, 0.1) is 23.8 Å². The van der Waals surface area contributed by atoms with Gasteiger partial charge in [0, 0.05) is 18.7 Å². The predicted molar refractivity (Wildman–Crippen MR) is 68.4 cm³/mol. The summed E-state index contributed by atoms with van der Waals surface area (Å²) in [6.45, 7) is 3.73. The molecule has 0 aliphatic carbocycles. The zero-order chi connectivity index (χ0) is 13.2. The number of benzene rings is 1. The molecule has 0 saturated heterocycles. The number of rotatable bonds is 9. The molecule has 0 aliphatic heterocycles. The molecule has 0 spiro atoms. The first-order valence-corrected chi connectivity index (χ1v) is 5.94. The number of nitro benzene ring substituents is 1. The molecule has 0 radical (unpaired) electrons. The molecule has 6 nitrogen and oxygen atoms in total. The van der Waals surface area contributed by atoms with Gasteiger partial charge in [-0.15, -0.1) is 0 Å². The molecule has 0 heterocycles. The number of nitro groups is 1. The van der Waals surface area contributed by atoms with Crippen LogP contribution in [0, 0.1) is 10.1 Å². The number of nitrogens with one attached hydrogen (secondary N) is 1. The summed E-state index contributed by atoms with van der Waals surface area (Å²) in [6.07, 6.45) is 2.14. The zero-order valence-corrected chi connectivity index (χ0v) is 10.4. The summed E-state index contributed by atoms with van der Waals surface area (Å²) in [5.41, 5.74) is 3.23. The lowest BCUT2D eigenvalue weighted by Crippen LogP contribution is -2.09. The molecule has 0 aliphatic rings. The Morgan fingerprint density at radius 2 is 2.17 bits per heavy atom. The minimum Gasteiger partial charge on any atom is -0.379 e. The Morgan fingerprint density at radius 1 is 1.33 bits per heavy atom. The molecule has 0 amide bonds. The van der Waals surface area contributed by atoms with Gasteiger partial charge in [-0.3, -0.25) is 20.4 Å². The number of non-ortho nitro benzene ring substituents is 1. The van der Waals surface area contributed by atoms with Crippen LogP contribution in [0.25, 0.3) is 0 Å². The standard InChI is InChI=1S/C12H18N2O4/c1-2-3-7-17-8-9-18-13-11-5-4-6-12(10-11)14(15)16/h4-6,10,13H,2-3,7-9H2,1H3. The third-order valence-electron chi connectivity index (χ3n) is 2.22. The fraction of sp³-hybridized carbons (Fsp3) is 0.500. The monoisotopic (exact) mass is 254 g/mol. The Hall–Kier alpha value is -1.66. The van der Waals surface area contributed by atoms with E-state index in [9.17, 15) is 10.1 Å². The van der Waals surface area contributed by atoms with Gasteiger partial charge in [0.1, 0.15) is 0 Å². The zero-order valence-electron chi connectivity index (χ0n) is 10.4. The SMILES string of the molecule is CCCCOCCONc1cccc([N+](=O)[O-])c1. The third-order valence-corrected chi connectivity index (χ3v) is 2.22. The van der Waals surface area contributed by atoms with Crippen LogP contribution in [0.4, 0.5) is 11.4 Å². The van der Waals surface area contributed by atoms with E-state index in [-0.39, 0.29) is 5.69 Å². The van der Waals surface area contributed by atoms with Crippen LogP contribution >= 0.6 is 0 Å². The predicted octanol–water partition coefficient (Wildman–Crippen LogP) is 2.76. The van der Waals surface area contributed by atoms with E-state index in [1.807, 2.05) is 0 Å². The lowest BCUT2D eigenvalue weighted by Gasteiger charge is -2.07. The number of nitrogens with zero attached hydrogens (tertiary/aromatic N) is 1. The van der Waals surface area contributed by atoms with Gasteiger partial charge >= 0.3 is 0 Å². The Balaban J connectivity index is 2.19. The van der Waals surface area contributed by atoms with E-state index in [1.54, 1.807) is 12.1 Å². The van der Waals surface area contributed by atoms with Crippen LogP contribution in [0.1, 0.15) is 19.8 Å². The molecule has 0 fully saturated rings. The normalized spacial score (nSPS) is 10.3. The summed E-state index contributed by atoms with van der Waals surface area (Å²) < 4.78 is 5.30. The van der Waals surface area contributed by atoms with Crippen LogP contribution in [-0.2, 0) is 9.57 Å². The fourth-order valence-corrected chi connectivity index (χ4v) is 1.27. The molecule has 1 N–H and O–H groups in total. The van der Waals surface area contributed by atoms with Gasteiger partial charge in [0.2, 0.25) is 0 Å². The topological polar surface area (TPSA) is 73.6 Å². The van der Waals surface area contributed by atoms with Crippen molar-refractivity contribution in [2.45, 2.75) is 19.8 Å². The highest BCUT2D eigenvalue weighted by Crippen LogP contribution is 2.16. The summed E-state index contributed by atoms with van der Waals surface area (Å²) in [7, 11) is 0. The van der Waals surface area contributed by atoms with Crippen molar-refractivity contribution in [3.8, 4) is 0 Å². The largest absolute Gasteiger partial charge is 0.379 e. The van der Waals surface area contributed by atoms with Crippen molar-refractivity contribution < 1.29 is 14.5 Å². The highest BCUT2D eigenvalue weighted by Gasteiger charge is 2.04. The van der Waals surface area contributed by atoms with Gasteiger partial charge in [-0.25, -0.2) is 0 Å². The van der Waals surface area contributed by atoms with Gasteiger partial charge in [-0.1, -0.05) is 19.4 Å². The Labute approximate surface area is 106 Å². The van der Waals surface area contributed by atoms with E-state index >= 15 is 0 Å². The van der Waals surface area contributed by atoms with Crippen LogP contribution in [0.2, 0.25) is 0 Å². The lowest BCUT2D eigenvalue weighted by molar-refractivity contribution is -0.384. The molecule has 0 bridgehead atoms. The van der Waals surface area contributed by atoms with Gasteiger partial charge in [0.15, 0.2) is 0 Å². The first-order chi connectivity index (χ1) is 8.74. The van der Waals surface area contributed by atoms with Crippen LogP contribution in [0.5, 0.6) is 0 Å². The Morgan fingerprint density at radius 3 is 2.89 bits per heavy atom. The molecule has 0 unspecified atom stereocenters. The maximum Gasteiger partial charge on any atom is 0.271 e. The average Bonchev–Trinajstić information content (AvgIpc) is 2.38. The van der Waals surface area contributed by atoms with E-state index < -0.39 is 4.92 Å². The highest BCUT2D eigenvalue weighted by molar-refractivity contribution is 5.49. The second-order valence-electron chi connectivity index (χ2n) is 3.72. The minimum absolute atomic E-state index is 0.0304. The van der Waals surface area contributed by atoms with Gasteiger partial charge < -0.3 is 4.74 Å². The van der Waals surface area contributed by atoms with E-state index in [1.165, 1.54) is 12.1 Å². The summed E-state index contributed by atoms with van der Waals surface area (Å²) in [5, 5.41) is 10.5. The van der Waals surface area contributed by atoms with Crippen LogP contribution < -0.4 is 5.48 Å². The molecular formula is C12H18N2O4. The number of hydrogen-bond acceptors (Lipinski definition) is 5. The van der Waals surface area contributed by atoms with Gasteiger partial charge in [0.25, 0.3) is 5.69 Å². The van der Waals surface area contributed by atoms with E-state index in [4.69, 9.17) is 9.57 Å². The summed E-state index contributed by atoms with van der Waals surface area (Å²) >= 11 is 0. The van der Waals surface area contributed by atoms with Crippen molar-refractivity contribution in [1.82, 2.24) is 0 Å². The van der Waals surface area contributed by atoms with Crippen molar-refractivity contribution in [3.05, 3.63) is 34.4 Å². The number of hydrogen-bond donors (Lipinski definition) is 1. The molecule has 0 saturated carbocycles. The molecule has 18 heavy (non-hydrogen) atoms. The maximum atomic E-state index is 10.5. The summed E-state index contributed by atoms with van der Waals surface area (Å²) in [5.74, 6) is 0. The number of anilines is 1. The minimum atomic E-state index is -0.445. The van der Waals surface area contributed by atoms with E-state index in [0.29, 0.717) is 18.9 Å². The van der Waals surface area contributed by atoms with Gasteiger partial charge in [-0.2, -0.15) is 0 Å². The summed E-state index contributed by atoms with van der Waals surface area (Å²) in [6, 6.07) is 6.14. The molecule has 0 atom stereocenters. The smallest absolute Gasteiger partial charge is 0.271 e. The van der Waals surface area contributed by atoms with Crippen molar-refractivity contribution in [1.29, 1.82) is 0 Å². The number of unbranched alkanes of at least 4 members (excludes halogenated alkanes) is 1. The molecule has 100 valence electrons. The van der Waals surface area contributed by atoms with Gasteiger partial charge in [-0.05, 0) is 12.5 Å². The maximum absolute atomic E-state index is 10.5. The van der Waals surface area contributed by atoms with Crippen LogP contribution in [0.3, 0.4) is 0 Å². The first kappa shape index (κ1) is 14.4. The second kappa shape index (κ2) is 8.43. The molecule has 1 aromatic carbocycles. The molecule has 0 aromatic heterocycles. The van der Waals surface area contributed by atoms with Crippen LogP contribution in [-0.4, -0.2) is 24.7 Å². The van der Waals surface area contributed by atoms with Crippen LogP contribution in [0.15, 0.2) is 24.3 Å². The van der Waals surface area contributed by atoms with Crippen molar-refractivity contribution in [2.24, 2.45) is 0 Å². The van der Waals surface area contributed by atoms with E-state index in [0.717, 1.165) is 19.4 Å². The molecule has 1 rings (SSSR count). The molecule has 1 aromatic rings. The molecule has 6 heteroatoms. The third kappa shape index (κ3) is 5.60. The lowest BCUT2D eigenvalue weighted by atomic mass is 10.3. The van der Waals surface area contributed by atoms with Crippen molar-refractivity contribution in [2.75, 3.05) is 25.3 Å². The van der Waals surface area contributed by atoms with Crippen molar-refractivity contribution in [3.63, 3.8) is 0 Å². The van der Waals surface area contributed by atoms with Crippen molar-refractivity contribution >= 4 is 11.4 Å². The average molecular weight is 254 g/mol. The first-order valence-electron chi connectivity index (χ1n) is 5.94. The molecular weight excluding hydrogens is 236 g/mol. The number of ether oxygens (including phenoxy) is 1.